The first kappa shape index (κ1) is 14.3. The average molecular weight is 322 g/mol. The minimum Gasteiger partial charge on any atom is -0.350 e. The van der Waals surface area contributed by atoms with E-state index >= 15 is 0 Å². The van der Waals surface area contributed by atoms with Gasteiger partial charge in [0.25, 0.3) is 5.91 Å². The lowest BCUT2D eigenvalue weighted by Gasteiger charge is -2.16. The molecule has 4 heteroatoms. The molecule has 1 aliphatic carbocycles. The monoisotopic (exact) mass is 322 g/mol. The molecule has 1 amide bonds. The van der Waals surface area contributed by atoms with Gasteiger partial charge >= 0.3 is 0 Å². The van der Waals surface area contributed by atoms with E-state index in [2.05, 4.69) is 29.6 Å². The van der Waals surface area contributed by atoms with Crippen molar-refractivity contribution in [3.05, 3.63) is 76.7 Å². The maximum Gasteiger partial charge on any atom is 0.263 e. The summed E-state index contributed by atoms with van der Waals surface area (Å²) < 4.78 is 1.98. The lowest BCUT2D eigenvalue weighted by Crippen LogP contribution is -2.32. The van der Waals surface area contributed by atoms with Crippen LogP contribution in [0.4, 0.5) is 0 Å². The van der Waals surface area contributed by atoms with Crippen molar-refractivity contribution >= 4 is 17.2 Å². The number of carbonyl (C=O) groups is 1. The number of rotatable bonds is 5. The zero-order valence-electron chi connectivity index (χ0n) is 12.7. The lowest BCUT2D eigenvalue weighted by molar-refractivity contribution is 0.0954. The van der Waals surface area contributed by atoms with E-state index in [1.54, 1.807) is 0 Å². The number of nitrogens with one attached hydrogen (secondary N) is 1. The van der Waals surface area contributed by atoms with Crippen LogP contribution in [0.3, 0.4) is 0 Å². The highest BCUT2D eigenvalue weighted by Gasteiger charge is 2.44. The zero-order valence-corrected chi connectivity index (χ0v) is 13.6. The van der Waals surface area contributed by atoms with Crippen molar-refractivity contribution in [1.29, 1.82) is 0 Å². The van der Waals surface area contributed by atoms with E-state index in [1.807, 2.05) is 46.6 Å². The van der Waals surface area contributed by atoms with Crippen molar-refractivity contribution in [3.8, 4) is 5.69 Å². The molecule has 3 aromatic rings. The summed E-state index contributed by atoms with van der Waals surface area (Å²) in [5.74, 6) is 0.0194. The molecule has 0 radical (unpaired) electrons. The molecule has 3 nitrogen and oxygen atoms in total. The van der Waals surface area contributed by atoms with Gasteiger partial charge < -0.3 is 9.88 Å². The summed E-state index contributed by atoms with van der Waals surface area (Å²) in [6.45, 7) is 0.707. The minimum absolute atomic E-state index is 0.0194. The number of benzene rings is 1. The van der Waals surface area contributed by atoms with Crippen molar-refractivity contribution in [3.63, 3.8) is 0 Å². The molecular weight excluding hydrogens is 304 g/mol. The van der Waals surface area contributed by atoms with E-state index in [4.69, 9.17) is 0 Å². The van der Waals surface area contributed by atoms with Crippen LogP contribution in [0.5, 0.6) is 0 Å². The topological polar surface area (TPSA) is 34.0 Å². The van der Waals surface area contributed by atoms with Gasteiger partial charge in [-0.3, -0.25) is 4.79 Å². The third-order valence-electron chi connectivity index (χ3n) is 4.56. The molecule has 4 rings (SSSR count). The summed E-state index contributed by atoms with van der Waals surface area (Å²) in [6, 6.07) is 16.4. The summed E-state index contributed by atoms with van der Waals surface area (Å²) in [5, 5.41) is 5.11. The van der Waals surface area contributed by atoms with E-state index < -0.39 is 0 Å². The standard InChI is InChI=1S/C19H18N2OS/c22-18(17-16(8-13-23-17)21-11-4-5-12-21)20-14-19(9-10-19)15-6-2-1-3-7-15/h1-8,11-13H,9-10,14H2,(H,20,22). The molecule has 116 valence electrons. The minimum atomic E-state index is 0.0194. The molecule has 1 aromatic carbocycles. The van der Waals surface area contributed by atoms with Gasteiger partial charge in [0.05, 0.1) is 5.69 Å². The van der Waals surface area contributed by atoms with Crippen molar-refractivity contribution in [1.82, 2.24) is 9.88 Å². The Morgan fingerprint density at radius 3 is 2.52 bits per heavy atom. The van der Waals surface area contributed by atoms with Crippen molar-refractivity contribution in [2.45, 2.75) is 18.3 Å². The highest BCUT2D eigenvalue weighted by molar-refractivity contribution is 7.12. The Bertz CT molecular complexity index is 801. The van der Waals surface area contributed by atoms with Crippen molar-refractivity contribution in [2.24, 2.45) is 0 Å². The molecule has 1 saturated carbocycles. The largest absolute Gasteiger partial charge is 0.350 e. The van der Waals surface area contributed by atoms with Gasteiger partial charge in [0, 0.05) is 24.4 Å². The molecule has 1 aliphatic rings. The Hall–Kier alpha value is -2.33. The number of amides is 1. The van der Waals surface area contributed by atoms with E-state index in [0.717, 1.165) is 23.4 Å². The maximum atomic E-state index is 12.6. The van der Waals surface area contributed by atoms with Gasteiger partial charge in [-0.15, -0.1) is 11.3 Å². The van der Waals surface area contributed by atoms with Crippen molar-refractivity contribution in [2.75, 3.05) is 6.54 Å². The predicted octanol–water partition coefficient (Wildman–Crippen LogP) is 4.00. The summed E-state index contributed by atoms with van der Waals surface area (Å²) >= 11 is 1.49. The fourth-order valence-corrected chi connectivity index (χ4v) is 3.82. The van der Waals surface area contributed by atoms with Gasteiger partial charge in [0.1, 0.15) is 4.88 Å². The molecule has 0 unspecified atom stereocenters. The molecular formula is C19H18N2OS. The van der Waals surface area contributed by atoms with Crippen LogP contribution >= 0.6 is 11.3 Å². The highest BCUT2D eigenvalue weighted by atomic mass is 32.1. The van der Waals surface area contributed by atoms with Crippen LogP contribution in [0.25, 0.3) is 5.69 Å². The molecule has 0 saturated heterocycles. The first-order chi connectivity index (χ1) is 11.3. The summed E-state index contributed by atoms with van der Waals surface area (Å²) in [5.41, 5.74) is 2.42. The van der Waals surface area contributed by atoms with Gasteiger partial charge in [-0.25, -0.2) is 0 Å². The Balaban J connectivity index is 1.49. The first-order valence-corrected chi connectivity index (χ1v) is 8.71. The molecule has 1 N–H and O–H groups in total. The molecule has 0 spiro atoms. The molecule has 2 aromatic heterocycles. The number of aromatic nitrogens is 1. The van der Waals surface area contributed by atoms with E-state index in [9.17, 15) is 4.79 Å². The second-order valence-electron chi connectivity index (χ2n) is 6.05. The Morgan fingerprint density at radius 2 is 1.83 bits per heavy atom. The van der Waals surface area contributed by atoms with Crippen LogP contribution in [0.2, 0.25) is 0 Å². The van der Waals surface area contributed by atoms with Crippen LogP contribution < -0.4 is 5.32 Å². The van der Waals surface area contributed by atoms with Gasteiger partial charge in [-0.2, -0.15) is 0 Å². The van der Waals surface area contributed by atoms with Crippen LogP contribution in [-0.2, 0) is 5.41 Å². The first-order valence-electron chi connectivity index (χ1n) is 7.83. The number of carbonyl (C=O) groups excluding carboxylic acids is 1. The molecule has 0 atom stereocenters. The molecule has 2 heterocycles. The second kappa shape index (κ2) is 5.70. The predicted molar refractivity (Wildman–Crippen MR) is 93.3 cm³/mol. The average Bonchev–Trinajstić information content (AvgIpc) is 3.01. The number of hydrogen-bond acceptors (Lipinski definition) is 2. The normalized spacial score (nSPS) is 15.3. The van der Waals surface area contributed by atoms with E-state index in [-0.39, 0.29) is 11.3 Å². The fraction of sp³-hybridized carbons (Fsp3) is 0.211. The summed E-state index contributed by atoms with van der Waals surface area (Å²) in [6.07, 6.45) is 6.22. The third-order valence-corrected chi connectivity index (χ3v) is 5.46. The Labute approximate surface area is 139 Å². The second-order valence-corrected chi connectivity index (χ2v) is 6.97. The van der Waals surface area contributed by atoms with Crippen LogP contribution in [-0.4, -0.2) is 17.0 Å². The van der Waals surface area contributed by atoms with Gasteiger partial charge in [-0.05, 0) is 42.0 Å². The van der Waals surface area contributed by atoms with Crippen LogP contribution in [0.1, 0.15) is 28.1 Å². The number of hydrogen-bond donors (Lipinski definition) is 1. The number of thiophene rings is 1. The van der Waals surface area contributed by atoms with Crippen molar-refractivity contribution < 1.29 is 4.79 Å². The maximum absolute atomic E-state index is 12.6. The Kier molecular flexibility index (Phi) is 3.54. The summed E-state index contributed by atoms with van der Waals surface area (Å²) in [4.78, 5) is 13.4. The molecule has 0 aliphatic heterocycles. The lowest BCUT2D eigenvalue weighted by atomic mass is 9.96. The van der Waals surface area contributed by atoms with E-state index in [1.165, 1.54) is 16.9 Å². The molecule has 1 fully saturated rings. The smallest absolute Gasteiger partial charge is 0.263 e. The van der Waals surface area contributed by atoms with Gasteiger partial charge in [0.2, 0.25) is 0 Å². The summed E-state index contributed by atoms with van der Waals surface area (Å²) in [7, 11) is 0. The van der Waals surface area contributed by atoms with Crippen LogP contribution in [0, 0.1) is 0 Å². The van der Waals surface area contributed by atoms with Crippen LogP contribution in [0.15, 0.2) is 66.3 Å². The SMILES string of the molecule is O=C(NCC1(c2ccccc2)CC1)c1sccc1-n1cccc1. The third kappa shape index (κ3) is 2.70. The molecule has 23 heavy (non-hydrogen) atoms. The number of nitrogens with zero attached hydrogens (tertiary/aromatic N) is 1. The zero-order chi connectivity index (χ0) is 15.7. The highest BCUT2D eigenvalue weighted by Crippen LogP contribution is 2.47. The molecule has 0 bridgehead atoms. The van der Waals surface area contributed by atoms with Gasteiger partial charge in [-0.1, -0.05) is 30.3 Å². The van der Waals surface area contributed by atoms with Gasteiger partial charge in [0.15, 0.2) is 0 Å². The quantitative estimate of drug-likeness (QED) is 0.757. The van der Waals surface area contributed by atoms with E-state index in [0.29, 0.717) is 6.54 Å². The Morgan fingerprint density at radius 1 is 1.09 bits per heavy atom. The fourth-order valence-electron chi connectivity index (χ4n) is 3.01.